The molecule has 170 valence electrons. The highest BCUT2D eigenvalue weighted by Gasteiger charge is 2.13. The zero-order valence-electron chi connectivity index (χ0n) is 18.0. The summed E-state index contributed by atoms with van der Waals surface area (Å²) in [5, 5.41) is 19.5. The van der Waals surface area contributed by atoms with Gasteiger partial charge in [0.2, 0.25) is 0 Å². The Morgan fingerprint density at radius 1 is 0.824 bits per heavy atom. The molecule has 3 N–H and O–H groups in total. The predicted octanol–water partition coefficient (Wildman–Crippen LogP) is 6.26. The Hall–Kier alpha value is -3.87. The van der Waals surface area contributed by atoms with Gasteiger partial charge in [0.25, 0.3) is 11.8 Å². The van der Waals surface area contributed by atoms with Gasteiger partial charge in [0, 0.05) is 10.7 Å². The maximum absolute atomic E-state index is 12.6. The monoisotopic (exact) mass is 491 g/mol. The Kier molecular flexibility index (Phi) is 6.82. The molecule has 0 radical (unpaired) electrons. The minimum atomic E-state index is -0.538. The van der Waals surface area contributed by atoms with Gasteiger partial charge >= 0.3 is 0 Å². The molecule has 34 heavy (non-hydrogen) atoms. The fourth-order valence-corrected chi connectivity index (χ4v) is 3.86. The van der Waals surface area contributed by atoms with Crippen molar-refractivity contribution in [2.24, 2.45) is 5.10 Å². The fourth-order valence-electron chi connectivity index (χ4n) is 3.36. The average Bonchev–Trinajstić information content (AvgIpc) is 2.82. The molecule has 8 heteroatoms. The van der Waals surface area contributed by atoms with Crippen LogP contribution in [-0.4, -0.2) is 22.6 Å². The van der Waals surface area contributed by atoms with Crippen molar-refractivity contribution in [3.63, 3.8) is 0 Å². The quantitative estimate of drug-likeness (QED) is 0.227. The second kappa shape index (κ2) is 9.95. The maximum Gasteiger partial charge on any atom is 0.275 e. The number of hydrogen-bond donors (Lipinski definition) is 3. The third kappa shape index (κ3) is 5.20. The van der Waals surface area contributed by atoms with Crippen LogP contribution in [0.4, 0.5) is 5.69 Å². The molecule has 0 saturated heterocycles. The van der Waals surface area contributed by atoms with E-state index in [2.05, 4.69) is 15.8 Å². The number of rotatable bonds is 5. The number of amides is 2. The summed E-state index contributed by atoms with van der Waals surface area (Å²) >= 11 is 12.0. The van der Waals surface area contributed by atoms with Crippen molar-refractivity contribution in [1.82, 2.24) is 5.43 Å². The zero-order chi connectivity index (χ0) is 24.2. The van der Waals surface area contributed by atoms with Crippen LogP contribution < -0.4 is 10.7 Å². The number of benzene rings is 4. The first-order valence-corrected chi connectivity index (χ1v) is 11.0. The molecular weight excluding hydrogens is 473 g/mol. The predicted molar refractivity (Wildman–Crippen MR) is 136 cm³/mol. The molecule has 4 aromatic carbocycles. The number of hydrazone groups is 1. The second-order valence-electron chi connectivity index (χ2n) is 7.51. The lowest BCUT2D eigenvalue weighted by Gasteiger charge is -2.09. The molecule has 0 atom stereocenters. The Bertz CT molecular complexity index is 1450. The van der Waals surface area contributed by atoms with E-state index in [1.54, 1.807) is 55.5 Å². The lowest BCUT2D eigenvalue weighted by Crippen LogP contribution is -2.19. The number of phenolic OH excluding ortho intramolecular Hbond substituents is 1. The third-order valence-electron chi connectivity index (χ3n) is 5.15. The average molecular weight is 492 g/mol. The van der Waals surface area contributed by atoms with Gasteiger partial charge in [-0.05, 0) is 65.7 Å². The summed E-state index contributed by atoms with van der Waals surface area (Å²) in [4.78, 5) is 25.2. The molecule has 0 spiro atoms. The van der Waals surface area contributed by atoms with E-state index in [9.17, 15) is 14.7 Å². The van der Waals surface area contributed by atoms with Crippen LogP contribution in [0.25, 0.3) is 10.8 Å². The normalized spacial score (nSPS) is 11.3. The Morgan fingerprint density at radius 3 is 2.29 bits per heavy atom. The van der Waals surface area contributed by atoms with Gasteiger partial charge < -0.3 is 10.4 Å². The van der Waals surface area contributed by atoms with Crippen LogP contribution in [0.3, 0.4) is 0 Å². The molecule has 0 heterocycles. The number of aromatic hydroxyl groups is 1. The number of nitrogens with one attached hydrogen (secondary N) is 2. The highest BCUT2D eigenvalue weighted by Crippen LogP contribution is 2.25. The molecule has 0 aliphatic carbocycles. The molecule has 0 fully saturated rings. The lowest BCUT2D eigenvalue weighted by atomic mass is 10.1. The largest absolute Gasteiger partial charge is 0.507 e. The SMILES string of the molecule is CC(=NNC(=O)c1cc2ccccc2cc1O)c1cccc(NC(=O)c2ccc(Cl)cc2Cl)c1. The second-order valence-corrected chi connectivity index (χ2v) is 8.36. The van der Waals surface area contributed by atoms with Crippen molar-refractivity contribution in [1.29, 1.82) is 0 Å². The van der Waals surface area contributed by atoms with Gasteiger partial charge in [-0.25, -0.2) is 5.43 Å². The standard InChI is InChI=1S/C26H19Cl2N3O3/c1-15(30-31-26(34)22-12-17-5-2-3-6-18(17)13-24(22)32)16-7-4-8-20(11-16)29-25(33)21-10-9-19(27)14-23(21)28/h2-14,32H,1H3,(H,29,33)(H,31,34). The highest BCUT2D eigenvalue weighted by molar-refractivity contribution is 6.37. The van der Waals surface area contributed by atoms with Crippen LogP contribution in [0, 0.1) is 0 Å². The number of anilines is 1. The summed E-state index contributed by atoms with van der Waals surface area (Å²) < 4.78 is 0. The number of carbonyl (C=O) groups excluding carboxylic acids is 2. The minimum absolute atomic E-state index is 0.121. The van der Waals surface area contributed by atoms with Gasteiger partial charge in [0.15, 0.2) is 0 Å². The number of halogens is 2. The van der Waals surface area contributed by atoms with Gasteiger partial charge in [-0.15, -0.1) is 0 Å². The Morgan fingerprint density at radius 2 is 1.56 bits per heavy atom. The van der Waals surface area contributed by atoms with E-state index in [0.29, 0.717) is 27.5 Å². The van der Waals surface area contributed by atoms with E-state index in [-0.39, 0.29) is 22.2 Å². The van der Waals surface area contributed by atoms with Gasteiger partial charge in [0.05, 0.1) is 21.9 Å². The zero-order valence-corrected chi connectivity index (χ0v) is 19.5. The van der Waals surface area contributed by atoms with Gasteiger partial charge in [-0.3, -0.25) is 9.59 Å². The van der Waals surface area contributed by atoms with E-state index >= 15 is 0 Å². The number of carbonyl (C=O) groups is 2. The maximum atomic E-state index is 12.6. The summed E-state index contributed by atoms with van der Waals surface area (Å²) in [7, 11) is 0. The molecule has 4 rings (SSSR count). The molecule has 2 amide bonds. The van der Waals surface area contributed by atoms with Crippen molar-refractivity contribution < 1.29 is 14.7 Å². The molecule has 6 nitrogen and oxygen atoms in total. The summed E-state index contributed by atoms with van der Waals surface area (Å²) in [6.45, 7) is 1.72. The van der Waals surface area contributed by atoms with Crippen LogP contribution in [0.2, 0.25) is 10.0 Å². The molecule has 0 aliphatic heterocycles. The molecular formula is C26H19Cl2N3O3. The van der Waals surface area contributed by atoms with Crippen LogP contribution >= 0.6 is 23.2 Å². The van der Waals surface area contributed by atoms with Crippen molar-refractivity contribution in [2.45, 2.75) is 6.92 Å². The lowest BCUT2D eigenvalue weighted by molar-refractivity contribution is 0.0951. The van der Waals surface area contributed by atoms with Crippen LogP contribution in [-0.2, 0) is 0 Å². The van der Waals surface area contributed by atoms with Crippen molar-refractivity contribution in [3.8, 4) is 5.75 Å². The Balaban J connectivity index is 1.49. The highest BCUT2D eigenvalue weighted by atomic mass is 35.5. The topological polar surface area (TPSA) is 90.8 Å². The van der Waals surface area contributed by atoms with E-state index in [0.717, 1.165) is 10.8 Å². The molecule has 4 aromatic rings. The van der Waals surface area contributed by atoms with Crippen molar-refractivity contribution >= 4 is 57.2 Å². The first-order chi connectivity index (χ1) is 16.3. The molecule has 0 aromatic heterocycles. The summed E-state index contributed by atoms with van der Waals surface area (Å²) in [6.07, 6.45) is 0. The van der Waals surface area contributed by atoms with Gasteiger partial charge in [-0.2, -0.15) is 5.10 Å². The van der Waals surface area contributed by atoms with E-state index in [4.69, 9.17) is 23.2 Å². The summed E-state index contributed by atoms with van der Waals surface area (Å²) in [5.41, 5.74) is 4.61. The van der Waals surface area contributed by atoms with Crippen LogP contribution in [0.1, 0.15) is 33.2 Å². The van der Waals surface area contributed by atoms with Crippen molar-refractivity contribution in [3.05, 3.63) is 106 Å². The first-order valence-electron chi connectivity index (χ1n) is 10.2. The summed E-state index contributed by atoms with van der Waals surface area (Å²) in [5.74, 6) is -1.05. The number of nitrogens with zero attached hydrogens (tertiary/aromatic N) is 1. The van der Waals surface area contributed by atoms with Gasteiger partial charge in [0.1, 0.15) is 5.75 Å². The van der Waals surface area contributed by atoms with Crippen molar-refractivity contribution in [2.75, 3.05) is 5.32 Å². The fraction of sp³-hybridized carbons (Fsp3) is 0.0385. The van der Waals surface area contributed by atoms with E-state index in [1.165, 1.54) is 6.07 Å². The summed E-state index contributed by atoms with van der Waals surface area (Å²) in [6, 6.07) is 22.2. The first kappa shape index (κ1) is 23.3. The number of phenols is 1. The molecule has 0 saturated carbocycles. The molecule has 0 aliphatic rings. The Labute approximate surface area is 205 Å². The van der Waals surface area contributed by atoms with E-state index < -0.39 is 5.91 Å². The van der Waals surface area contributed by atoms with Crippen LogP contribution in [0.5, 0.6) is 5.75 Å². The third-order valence-corrected chi connectivity index (χ3v) is 5.70. The van der Waals surface area contributed by atoms with Crippen LogP contribution in [0.15, 0.2) is 84.0 Å². The molecule has 0 unspecified atom stereocenters. The smallest absolute Gasteiger partial charge is 0.275 e. The van der Waals surface area contributed by atoms with Gasteiger partial charge in [-0.1, -0.05) is 59.6 Å². The minimum Gasteiger partial charge on any atom is -0.507 e. The van der Waals surface area contributed by atoms with E-state index in [1.807, 2.05) is 24.3 Å². The number of fused-ring (bicyclic) bond motifs is 1. The number of hydrogen-bond acceptors (Lipinski definition) is 4. The molecule has 0 bridgehead atoms.